The summed E-state index contributed by atoms with van der Waals surface area (Å²) in [6.07, 6.45) is 1.58. The number of nitrogens with zero attached hydrogens (tertiary/aromatic N) is 2. The van der Waals surface area contributed by atoms with Gasteiger partial charge in [-0.1, -0.05) is 6.07 Å². The van der Waals surface area contributed by atoms with Crippen LogP contribution in [-0.2, 0) is 16.1 Å². The lowest BCUT2D eigenvalue weighted by Crippen LogP contribution is -2.40. The molecule has 92 valence electrons. The van der Waals surface area contributed by atoms with E-state index in [0.717, 1.165) is 0 Å². The molecule has 2 heterocycles. The van der Waals surface area contributed by atoms with E-state index in [9.17, 15) is 14.0 Å². The Morgan fingerprint density at radius 2 is 2.22 bits per heavy atom. The van der Waals surface area contributed by atoms with Gasteiger partial charge in [-0.3, -0.25) is 14.9 Å². The van der Waals surface area contributed by atoms with Crippen molar-refractivity contribution in [3.8, 4) is 0 Å². The molecular weight excluding hydrogens is 237 g/mol. The molecule has 1 aromatic carbocycles. The summed E-state index contributed by atoms with van der Waals surface area (Å²) in [5, 5.41) is 2.23. The standard InChI is InChI=1S/C12H10FN3O2/c13-8-2-1-3-9-7(8)5-16(6-14-9)10-4-11(17)15-12(10)18/h1-3,6,10H,4-5H2,(H,15,17,18). The van der Waals surface area contributed by atoms with Crippen LogP contribution in [0.3, 0.4) is 0 Å². The first-order valence-electron chi connectivity index (χ1n) is 5.56. The molecule has 1 atom stereocenters. The average Bonchev–Trinajstić information content (AvgIpc) is 2.69. The van der Waals surface area contributed by atoms with Crippen molar-refractivity contribution in [1.29, 1.82) is 0 Å². The highest BCUT2D eigenvalue weighted by atomic mass is 19.1. The maximum atomic E-state index is 13.6. The zero-order valence-corrected chi connectivity index (χ0v) is 9.39. The molecule has 0 aromatic heterocycles. The van der Waals surface area contributed by atoms with Crippen LogP contribution >= 0.6 is 0 Å². The summed E-state index contributed by atoms with van der Waals surface area (Å²) in [7, 11) is 0. The number of halogens is 1. The molecule has 6 heteroatoms. The van der Waals surface area contributed by atoms with Gasteiger partial charge in [-0.15, -0.1) is 0 Å². The maximum absolute atomic E-state index is 13.6. The molecule has 1 aromatic rings. The van der Waals surface area contributed by atoms with Crippen LogP contribution in [0.2, 0.25) is 0 Å². The number of amides is 2. The van der Waals surface area contributed by atoms with E-state index in [4.69, 9.17) is 0 Å². The molecule has 0 bridgehead atoms. The molecule has 5 nitrogen and oxygen atoms in total. The SMILES string of the molecule is O=C1CC(N2C=Nc3cccc(F)c3C2)C(=O)N1. The Bertz CT molecular complexity index is 570. The minimum absolute atomic E-state index is 0.0919. The summed E-state index contributed by atoms with van der Waals surface area (Å²) in [4.78, 5) is 28.4. The normalized spacial score (nSPS) is 22.1. The van der Waals surface area contributed by atoms with Gasteiger partial charge >= 0.3 is 0 Å². The number of hydrogen-bond donors (Lipinski definition) is 1. The van der Waals surface area contributed by atoms with Crippen molar-refractivity contribution in [3.05, 3.63) is 29.6 Å². The summed E-state index contributed by atoms with van der Waals surface area (Å²) in [6.45, 7) is 0.247. The number of carbonyl (C=O) groups is 2. The molecule has 0 spiro atoms. The zero-order valence-electron chi connectivity index (χ0n) is 9.39. The lowest BCUT2D eigenvalue weighted by molar-refractivity contribution is -0.125. The van der Waals surface area contributed by atoms with Crippen molar-refractivity contribution in [1.82, 2.24) is 10.2 Å². The smallest absolute Gasteiger partial charge is 0.249 e. The lowest BCUT2D eigenvalue weighted by Gasteiger charge is -2.27. The monoisotopic (exact) mass is 247 g/mol. The van der Waals surface area contributed by atoms with Crippen LogP contribution in [0, 0.1) is 5.82 Å². The Kier molecular flexibility index (Phi) is 2.36. The van der Waals surface area contributed by atoms with Crippen LogP contribution < -0.4 is 5.32 Å². The van der Waals surface area contributed by atoms with Gasteiger partial charge in [0.2, 0.25) is 11.8 Å². The van der Waals surface area contributed by atoms with E-state index in [1.54, 1.807) is 17.0 Å². The van der Waals surface area contributed by atoms with E-state index < -0.39 is 6.04 Å². The van der Waals surface area contributed by atoms with Crippen molar-refractivity contribution in [3.63, 3.8) is 0 Å². The molecule has 2 aliphatic rings. The first-order valence-corrected chi connectivity index (χ1v) is 5.56. The van der Waals surface area contributed by atoms with Crippen LogP contribution in [0.1, 0.15) is 12.0 Å². The van der Waals surface area contributed by atoms with Crippen molar-refractivity contribution >= 4 is 23.8 Å². The number of rotatable bonds is 1. The Labute approximate surface area is 102 Å². The highest BCUT2D eigenvalue weighted by Crippen LogP contribution is 2.28. The molecule has 18 heavy (non-hydrogen) atoms. The molecule has 1 N–H and O–H groups in total. The second-order valence-electron chi connectivity index (χ2n) is 4.29. The largest absolute Gasteiger partial charge is 0.345 e. The van der Waals surface area contributed by atoms with Crippen molar-refractivity contribution in [2.24, 2.45) is 4.99 Å². The molecule has 2 amide bonds. The van der Waals surface area contributed by atoms with Crippen LogP contribution in [0.5, 0.6) is 0 Å². The third-order valence-corrected chi connectivity index (χ3v) is 3.12. The van der Waals surface area contributed by atoms with Gasteiger partial charge in [0, 0.05) is 12.1 Å². The quantitative estimate of drug-likeness (QED) is 0.744. The highest BCUT2D eigenvalue weighted by Gasteiger charge is 2.35. The highest BCUT2D eigenvalue weighted by molar-refractivity contribution is 6.06. The van der Waals surface area contributed by atoms with Crippen LogP contribution in [0.15, 0.2) is 23.2 Å². The minimum Gasteiger partial charge on any atom is -0.345 e. The van der Waals surface area contributed by atoms with Gasteiger partial charge in [-0.25, -0.2) is 9.38 Å². The van der Waals surface area contributed by atoms with Crippen LogP contribution in [0.25, 0.3) is 0 Å². The van der Waals surface area contributed by atoms with Crippen molar-refractivity contribution in [2.75, 3.05) is 0 Å². The number of nitrogens with one attached hydrogen (secondary N) is 1. The third kappa shape index (κ3) is 1.66. The fourth-order valence-electron chi connectivity index (χ4n) is 2.18. The van der Waals surface area contributed by atoms with E-state index in [2.05, 4.69) is 10.3 Å². The second kappa shape index (κ2) is 3.90. The van der Waals surface area contributed by atoms with Crippen molar-refractivity contribution in [2.45, 2.75) is 19.0 Å². The molecule has 0 aliphatic carbocycles. The molecule has 2 aliphatic heterocycles. The lowest BCUT2D eigenvalue weighted by atomic mass is 10.1. The van der Waals surface area contributed by atoms with Crippen molar-refractivity contribution < 1.29 is 14.0 Å². The van der Waals surface area contributed by atoms with Crippen LogP contribution in [-0.4, -0.2) is 29.1 Å². The summed E-state index contributed by atoms with van der Waals surface area (Å²) in [5.74, 6) is -1.01. The summed E-state index contributed by atoms with van der Waals surface area (Å²) >= 11 is 0. The van der Waals surface area contributed by atoms with E-state index in [1.165, 1.54) is 12.4 Å². The van der Waals surface area contributed by atoms with Gasteiger partial charge < -0.3 is 4.90 Å². The molecular formula is C12H10FN3O2. The average molecular weight is 247 g/mol. The van der Waals surface area contributed by atoms with Gasteiger partial charge in [0.05, 0.1) is 18.4 Å². The Hall–Kier alpha value is -2.24. The first-order chi connectivity index (χ1) is 8.65. The van der Waals surface area contributed by atoms with Gasteiger partial charge in [0.15, 0.2) is 0 Å². The Morgan fingerprint density at radius 3 is 2.94 bits per heavy atom. The van der Waals surface area contributed by atoms with E-state index in [0.29, 0.717) is 11.3 Å². The fourth-order valence-corrected chi connectivity index (χ4v) is 2.18. The number of aliphatic imine (C=N–C) groups is 1. The molecule has 3 rings (SSSR count). The molecule has 1 fully saturated rings. The Morgan fingerprint density at radius 1 is 1.39 bits per heavy atom. The van der Waals surface area contributed by atoms with Gasteiger partial charge in [-0.05, 0) is 12.1 Å². The number of fused-ring (bicyclic) bond motifs is 1. The fraction of sp³-hybridized carbons (Fsp3) is 0.250. The van der Waals surface area contributed by atoms with E-state index in [1.807, 2.05) is 0 Å². The Balaban J connectivity index is 1.89. The van der Waals surface area contributed by atoms with E-state index >= 15 is 0 Å². The molecule has 1 saturated heterocycles. The topological polar surface area (TPSA) is 61.8 Å². The number of imide groups is 1. The third-order valence-electron chi connectivity index (χ3n) is 3.12. The maximum Gasteiger partial charge on any atom is 0.249 e. The predicted molar refractivity (Wildman–Crippen MR) is 61.6 cm³/mol. The molecule has 1 unspecified atom stereocenters. The zero-order chi connectivity index (χ0) is 12.7. The minimum atomic E-state index is -0.589. The summed E-state index contributed by atoms with van der Waals surface area (Å²) in [5.41, 5.74) is 1.02. The van der Waals surface area contributed by atoms with E-state index in [-0.39, 0.29) is 30.6 Å². The number of benzene rings is 1. The van der Waals surface area contributed by atoms with Gasteiger partial charge in [0.1, 0.15) is 11.9 Å². The number of carbonyl (C=O) groups excluding carboxylic acids is 2. The van der Waals surface area contributed by atoms with Gasteiger partial charge in [-0.2, -0.15) is 0 Å². The predicted octanol–water partition coefficient (Wildman–Crippen LogP) is 0.716. The summed E-state index contributed by atoms with van der Waals surface area (Å²) < 4.78 is 13.6. The van der Waals surface area contributed by atoms with Gasteiger partial charge in [0.25, 0.3) is 0 Å². The molecule has 0 radical (unpaired) electrons. The summed E-state index contributed by atoms with van der Waals surface area (Å²) in [6, 6.07) is 4.07. The number of hydrogen-bond acceptors (Lipinski definition) is 4. The first kappa shape index (κ1) is 10.9. The molecule has 0 saturated carbocycles. The van der Waals surface area contributed by atoms with Crippen LogP contribution in [0.4, 0.5) is 10.1 Å². The second-order valence-corrected chi connectivity index (χ2v) is 4.29.